The second kappa shape index (κ2) is 5.99. The summed E-state index contributed by atoms with van der Waals surface area (Å²) in [5.74, 6) is 0. The van der Waals surface area contributed by atoms with Crippen LogP contribution in [0.3, 0.4) is 0 Å². The molecule has 96 valence electrons. The predicted octanol–water partition coefficient (Wildman–Crippen LogP) is 2.00. The van der Waals surface area contributed by atoms with Crippen molar-refractivity contribution in [1.29, 1.82) is 0 Å². The topological polar surface area (TPSA) is 38.5 Å². The van der Waals surface area contributed by atoms with E-state index >= 15 is 0 Å². The number of hydrogen-bond donors (Lipinski definition) is 1. The molecule has 1 aliphatic carbocycles. The largest absolute Gasteiger partial charge is 0.379 e. The third kappa shape index (κ3) is 4.40. The molecule has 0 aromatic carbocycles. The van der Waals surface area contributed by atoms with Crippen molar-refractivity contribution in [2.45, 2.75) is 63.6 Å². The zero-order valence-electron chi connectivity index (χ0n) is 11.3. The first-order valence-corrected chi connectivity index (χ1v) is 6.45. The van der Waals surface area contributed by atoms with Gasteiger partial charge in [-0.2, -0.15) is 0 Å². The van der Waals surface area contributed by atoms with Gasteiger partial charge in [0.05, 0.1) is 5.60 Å². The monoisotopic (exact) mass is 228 g/mol. The maximum absolute atomic E-state index is 5.92. The summed E-state index contributed by atoms with van der Waals surface area (Å²) in [6.07, 6.45) is 5.96. The van der Waals surface area contributed by atoms with Gasteiger partial charge in [0, 0.05) is 25.7 Å². The van der Waals surface area contributed by atoms with E-state index in [4.69, 9.17) is 10.5 Å². The third-order valence-corrected chi connectivity index (χ3v) is 3.98. The Labute approximate surface area is 100 Å². The van der Waals surface area contributed by atoms with E-state index in [1.54, 1.807) is 7.11 Å². The van der Waals surface area contributed by atoms with E-state index in [1.807, 2.05) is 0 Å². The Hall–Kier alpha value is -0.120. The minimum atomic E-state index is -0.000665. The van der Waals surface area contributed by atoms with Crippen LogP contribution in [0.25, 0.3) is 0 Å². The van der Waals surface area contributed by atoms with Crippen molar-refractivity contribution in [3.8, 4) is 0 Å². The fourth-order valence-electron chi connectivity index (χ4n) is 2.27. The lowest BCUT2D eigenvalue weighted by Crippen LogP contribution is -2.40. The molecule has 0 atom stereocenters. The quantitative estimate of drug-likeness (QED) is 0.782. The molecule has 1 saturated carbocycles. The highest BCUT2D eigenvalue weighted by molar-refractivity contribution is 4.81. The van der Waals surface area contributed by atoms with Crippen molar-refractivity contribution in [3.63, 3.8) is 0 Å². The van der Waals surface area contributed by atoms with Crippen LogP contribution < -0.4 is 5.73 Å². The minimum Gasteiger partial charge on any atom is -0.379 e. The normalized spacial score (nSPS) is 27.4. The molecule has 0 unspecified atom stereocenters. The smallest absolute Gasteiger partial charge is 0.0634 e. The average molecular weight is 228 g/mol. The second-order valence-electron chi connectivity index (χ2n) is 5.76. The van der Waals surface area contributed by atoms with Crippen LogP contribution in [0.4, 0.5) is 0 Å². The lowest BCUT2D eigenvalue weighted by atomic mass is 9.90. The molecular formula is C13H28N2O. The first-order valence-electron chi connectivity index (χ1n) is 6.45. The SMILES string of the molecule is COC(C)(C)CCN(C)C1CCC(N)CC1. The van der Waals surface area contributed by atoms with Crippen LogP contribution in [0.15, 0.2) is 0 Å². The van der Waals surface area contributed by atoms with Crippen molar-refractivity contribution in [2.75, 3.05) is 20.7 Å². The van der Waals surface area contributed by atoms with Crippen LogP contribution in [0.1, 0.15) is 46.0 Å². The van der Waals surface area contributed by atoms with Gasteiger partial charge in [-0.1, -0.05) is 0 Å². The van der Waals surface area contributed by atoms with Crippen LogP contribution in [0.5, 0.6) is 0 Å². The number of methoxy groups -OCH3 is 1. The summed E-state index contributed by atoms with van der Waals surface area (Å²) in [5, 5.41) is 0. The maximum atomic E-state index is 5.92. The van der Waals surface area contributed by atoms with Gasteiger partial charge >= 0.3 is 0 Å². The molecule has 0 spiro atoms. The van der Waals surface area contributed by atoms with E-state index in [1.165, 1.54) is 25.7 Å². The van der Waals surface area contributed by atoms with Crippen molar-refractivity contribution < 1.29 is 4.74 Å². The third-order valence-electron chi connectivity index (χ3n) is 3.98. The Balaban J connectivity index is 2.27. The predicted molar refractivity (Wildman–Crippen MR) is 68.6 cm³/mol. The highest BCUT2D eigenvalue weighted by atomic mass is 16.5. The molecule has 1 aliphatic rings. The number of rotatable bonds is 5. The van der Waals surface area contributed by atoms with Gasteiger partial charge in [0.15, 0.2) is 0 Å². The Morgan fingerprint density at radius 1 is 1.25 bits per heavy atom. The molecule has 0 bridgehead atoms. The summed E-state index contributed by atoms with van der Waals surface area (Å²) in [4.78, 5) is 2.48. The molecular weight excluding hydrogens is 200 g/mol. The first-order chi connectivity index (χ1) is 7.44. The zero-order valence-corrected chi connectivity index (χ0v) is 11.3. The van der Waals surface area contributed by atoms with Crippen LogP contribution in [0.2, 0.25) is 0 Å². The Kier molecular flexibility index (Phi) is 5.22. The van der Waals surface area contributed by atoms with Gasteiger partial charge in [-0.3, -0.25) is 0 Å². The average Bonchev–Trinajstić information content (AvgIpc) is 2.27. The lowest BCUT2D eigenvalue weighted by Gasteiger charge is -2.35. The van der Waals surface area contributed by atoms with Crippen molar-refractivity contribution in [2.24, 2.45) is 5.73 Å². The van der Waals surface area contributed by atoms with E-state index in [0.29, 0.717) is 6.04 Å². The highest BCUT2D eigenvalue weighted by Gasteiger charge is 2.24. The minimum absolute atomic E-state index is 0.000665. The van der Waals surface area contributed by atoms with E-state index in [2.05, 4.69) is 25.8 Å². The van der Waals surface area contributed by atoms with E-state index in [0.717, 1.165) is 19.0 Å². The summed E-state index contributed by atoms with van der Waals surface area (Å²) in [7, 11) is 4.02. The van der Waals surface area contributed by atoms with Crippen molar-refractivity contribution in [1.82, 2.24) is 4.90 Å². The molecule has 2 N–H and O–H groups in total. The lowest BCUT2D eigenvalue weighted by molar-refractivity contribution is 0.00488. The molecule has 3 nitrogen and oxygen atoms in total. The van der Waals surface area contributed by atoms with Gasteiger partial charge in [0.1, 0.15) is 0 Å². The Morgan fingerprint density at radius 2 is 1.81 bits per heavy atom. The fourth-order valence-corrected chi connectivity index (χ4v) is 2.27. The molecule has 0 radical (unpaired) electrons. The summed E-state index contributed by atoms with van der Waals surface area (Å²) in [5.41, 5.74) is 5.92. The van der Waals surface area contributed by atoms with Crippen molar-refractivity contribution >= 4 is 0 Å². The standard InChI is InChI=1S/C13H28N2O/c1-13(2,16-4)9-10-15(3)12-7-5-11(14)6-8-12/h11-12H,5-10,14H2,1-4H3. The van der Waals surface area contributed by atoms with Gasteiger partial charge < -0.3 is 15.4 Å². The molecule has 1 fully saturated rings. The highest BCUT2D eigenvalue weighted by Crippen LogP contribution is 2.22. The number of hydrogen-bond acceptors (Lipinski definition) is 3. The van der Waals surface area contributed by atoms with Crippen LogP contribution in [-0.4, -0.2) is 43.3 Å². The fraction of sp³-hybridized carbons (Fsp3) is 1.00. The molecule has 0 aromatic heterocycles. The summed E-state index contributed by atoms with van der Waals surface area (Å²) in [6.45, 7) is 5.41. The molecule has 16 heavy (non-hydrogen) atoms. The van der Waals surface area contributed by atoms with Gasteiger partial charge in [-0.15, -0.1) is 0 Å². The second-order valence-corrected chi connectivity index (χ2v) is 5.76. The Bertz CT molecular complexity index is 198. The maximum Gasteiger partial charge on any atom is 0.0634 e. The van der Waals surface area contributed by atoms with Crippen LogP contribution in [0, 0.1) is 0 Å². The van der Waals surface area contributed by atoms with E-state index < -0.39 is 0 Å². The van der Waals surface area contributed by atoms with Gasteiger partial charge in [0.2, 0.25) is 0 Å². The van der Waals surface area contributed by atoms with Gasteiger partial charge in [0.25, 0.3) is 0 Å². The van der Waals surface area contributed by atoms with Crippen LogP contribution >= 0.6 is 0 Å². The molecule has 0 saturated heterocycles. The van der Waals surface area contributed by atoms with Crippen molar-refractivity contribution in [3.05, 3.63) is 0 Å². The molecule has 0 amide bonds. The molecule has 0 aliphatic heterocycles. The summed E-state index contributed by atoms with van der Waals surface area (Å²) < 4.78 is 5.45. The van der Waals surface area contributed by atoms with Gasteiger partial charge in [-0.25, -0.2) is 0 Å². The Morgan fingerprint density at radius 3 is 2.31 bits per heavy atom. The van der Waals surface area contributed by atoms with Crippen LogP contribution in [-0.2, 0) is 4.74 Å². The van der Waals surface area contributed by atoms with E-state index in [9.17, 15) is 0 Å². The number of nitrogens with zero attached hydrogens (tertiary/aromatic N) is 1. The zero-order chi connectivity index (χ0) is 12.2. The first kappa shape index (κ1) is 13.9. The molecule has 0 heterocycles. The molecule has 1 rings (SSSR count). The molecule has 0 aromatic rings. The number of nitrogens with two attached hydrogens (primary N) is 1. The summed E-state index contributed by atoms with van der Waals surface area (Å²) in [6, 6.07) is 1.17. The summed E-state index contributed by atoms with van der Waals surface area (Å²) >= 11 is 0. The number of ether oxygens (including phenoxy) is 1. The van der Waals surface area contributed by atoms with E-state index in [-0.39, 0.29) is 5.60 Å². The molecule has 3 heteroatoms. The van der Waals surface area contributed by atoms with Gasteiger partial charge in [-0.05, 0) is 53.0 Å².